The molecule has 0 atom stereocenters. The molecule has 0 radical (unpaired) electrons. The number of urea groups is 1. The molecular formula is C10H16N6OS. The van der Waals surface area contributed by atoms with Crippen LogP contribution in [0.15, 0.2) is 0 Å². The topological polar surface area (TPSA) is 119 Å². The van der Waals surface area contributed by atoms with E-state index in [1.165, 1.54) is 0 Å². The van der Waals surface area contributed by atoms with Crippen LogP contribution >= 0.6 is 12.2 Å². The van der Waals surface area contributed by atoms with Crippen LogP contribution in [0, 0.1) is 13.8 Å². The van der Waals surface area contributed by atoms with E-state index >= 15 is 0 Å². The van der Waals surface area contributed by atoms with Gasteiger partial charge in [0.2, 0.25) is 0 Å². The lowest BCUT2D eigenvalue weighted by Gasteiger charge is -2.13. The van der Waals surface area contributed by atoms with Crippen LogP contribution in [0.25, 0.3) is 0 Å². The van der Waals surface area contributed by atoms with Crippen molar-refractivity contribution in [1.29, 1.82) is 0 Å². The molecule has 7 nitrogen and oxygen atoms in total. The Kier molecular flexibility index (Phi) is 4.78. The highest BCUT2D eigenvalue weighted by molar-refractivity contribution is 7.80. The van der Waals surface area contributed by atoms with Crippen molar-refractivity contribution >= 4 is 29.1 Å². The number of amides is 2. The molecule has 1 heterocycles. The van der Waals surface area contributed by atoms with E-state index in [-0.39, 0.29) is 4.99 Å². The first-order valence-corrected chi connectivity index (χ1v) is 5.75. The maximum absolute atomic E-state index is 10.5. The van der Waals surface area contributed by atoms with Gasteiger partial charge in [-0.05, 0) is 19.4 Å². The molecule has 0 aliphatic rings. The number of hydrogen-bond acceptors (Lipinski definition) is 5. The van der Waals surface area contributed by atoms with Gasteiger partial charge >= 0.3 is 6.03 Å². The number of thiocarbonyl (C=S) groups is 1. The molecule has 6 N–H and O–H groups in total. The van der Waals surface area contributed by atoms with Crippen molar-refractivity contribution in [2.45, 2.75) is 13.8 Å². The monoisotopic (exact) mass is 268 g/mol. The lowest BCUT2D eigenvalue weighted by molar-refractivity contribution is 0.249. The van der Waals surface area contributed by atoms with Crippen LogP contribution in [-0.2, 0) is 0 Å². The number of anilines is 1. The van der Waals surface area contributed by atoms with Crippen LogP contribution in [0.2, 0.25) is 0 Å². The predicted molar refractivity (Wildman–Crippen MR) is 73.5 cm³/mol. The van der Waals surface area contributed by atoms with Crippen molar-refractivity contribution in [3.63, 3.8) is 0 Å². The highest BCUT2D eigenvalue weighted by Gasteiger charge is 2.12. The molecule has 0 aliphatic heterocycles. The molecule has 1 rings (SSSR count). The van der Waals surface area contributed by atoms with Gasteiger partial charge in [0.1, 0.15) is 4.99 Å². The Morgan fingerprint density at radius 2 is 1.94 bits per heavy atom. The van der Waals surface area contributed by atoms with Crippen LogP contribution in [0.4, 0.5) is 10.6 Å². The van der Waals surface area contributed by atoms with Crippen molar-refractivity contribution in [2.24, 2.45) is 11.5 Å². The van der Waals surface area contributed by atoms with Crippen molar-refractivity contribution in [2.75, 3.05) is 18.4 Å². The number of nitrogens with two attached hydrogens (primary N) is 2. The third kappa shape index (κ3) is 3.52. The smallest absolute Gasteiger partial charge is 0.312 e. The largest absolute Gasteiger partial charge is 0.389 e. The maximum atomic E-state index is 10.5. The number of carbonyl (C=O) groups excluding carboxylic acids is 1. The van der Waals surface area contributed by atoms with Gasteiger partial charge < -0.3 is 22.1 Å². The van der Waals surface area contributed by atoms with Crippen LogP contribution < -0.4 is 22.1 Å². The van der Waals surface area contributed by atoms with E-state index in [0.717, 1.165) is 11.3 Å². The Hall–Kier alpha value is -1.96. The standard InChI is InChI=1S/C10H16N6OS/c1-5-6(2)15-16-9(7(5)8(11)18)13-3-4-14-10(12)17/h3-4H2,1-2H3,(H2,11,18)(H,13,16)(H3,12,14,17). The number of rotatable bonds is 5. The number of nitrogens with one attached hydrogen (secondary N) is 2. The molecule has 1 aromatic heterocycles. The Morgan fingerprint density at radius 3 is 2.50 bits per heavy atom. The number of hydrogen-bond donors (Lipinski definition) is 4. The highest BCUT2D eigenvalue weighted by Crippen LogP contribution is 2.17. The Labute approximate surface area is 110 Å². The molecule has 98 valence electrons. The summed E-state index contributed by atoms with van der Waals surface area (Å²) in [5.41, 5.74) is 13.0. The first-order valence-electron chi connectivity index (χ1n) is 5.34. The minimum atomic E-state index is -0.572. The molecule has 0 bridgehead atoms. The second-order valence-electron chi connectivity index (χ2n) is 3.72. The van der Waals surface area contributed by atoms with E-state index in [0.29, 0.717) is 24.5 Å². The Bertz CT molecular complexity index is 476. The van der Waals surface area contributed by atoms with Crippen molar-refractivity contribution in [3.8, 4) is 0 Å². The second kappa shape index (κ2) is 6.10. The van der Waals surface area contributed by atoms with Gasteiger partial charge in [-0.3, -0.25) is 0 Å². The van der Waals surface area contributed by atoms with Gasteiger partial charge in [0.25, 0.3) is 0 Å². The summed E-state index contributed by atoms with van der Waals surface area (Å²) in [5.74, 6) is 0.511. The number of nitrogens with zero attached hydrogens (tertiary/aromatic N) is 2. The van der Waals surface area contributed by atoms with E-state index in [2.05, 4.69) is 20.8 Å². The van der Waals surface area contributed by atoms with Crippen LogP contribution in [0.3, 0.4) is 0 Å². The zero-order valence-corrected chi connectivity index (χ0v) is 11.1. The van der Waals surface area contributed by atoms with Crippen molar-refractivity contribution in [1.82, 2.24) is 15.5 Å². The molecule has 0 saturated heterocycles. The van der Waals surface area contributed by atoms with E-state index in [1.807, 2.05) is 13.8 Å². The summed E-state index contributed by atoms with van der Waals surface area (Å²) in [6, 6.07) is -0.572. The van der Waals surface area contributed by atoms with E-state index in [4.69, 9.17) is 23.7 Å². The van der Waals surface area contributed by atoms with Gasteiger partial charge in [0.15, 0.2) is 5.82 Å². The zero-order valence-electron chi connectivity index (χ0n) is 10.3. The molecule has 0 aromatic carbocycles. The molecule has 0 spiro atoms. The van der Waals surface area contributed by atoms with Gasteiger partial charge in [0, 0.05) is 13.1 Å². The second-order valence-corrected chi connectivity index (χ2v) is 4.16. The molecule has 0 aliphatic carbocycles. The van der Waals surface area contributed by atoms with Gasteiger partial charge in [-0.15, -0.1) is 5.10 Å². The number of aromatic nitrogens is 2. The minimum Gasteiger partial charge on any atom is -0.389 e. The zero-order chi connectivity index (χ0) is 13.7. The highest BCUT2D eigenvalue weighted by atomic mass is 32.1. The third-order valence-electron chi connectivity index (χ3n) is 2.42. The van der Waals surface area contributed by atoms with Crippen LogP contribution in [0.1, 0.15) is 16.8 Å². The molecule has 0 saturated carbocycles. The summed E-state index contributed by atoms with van der Waals surface area (Å²) >= 11 is 5.00. The van der Waals surface area contributed by atoms with E-state index in [9.17, 15) is 4.79 Å². The molecule has 8 heteroatoms. The molecular weight excluding hydrogens is 252 g/mol. The van der Waals surface area contributed by atoms with E-state index < -0.39 is 6.03 Å². The van der Waals surface area contributed by atoms with Gasteiger partial charge in [-0.25, -0.2) is 4.79 Å². The summed E-state index contributed by atoms with van der Waals surface area (Å²) in [4.78, 5) is 10.8. The SMILES string of the molecule is Cc1nnc(NCCNC(N)=O)c(C(N)=S)c1C. The summed E-state index contributed by atoms with van der Waals surface area (Å²) in [7, 11) is 0. The fraction of sp³-hybridized carbons (Fsp3) is 0.400. The predicted octanol–water partition coefficient (Wildman–Crippen LogP) is -0.192. The van der Waals surface area contributed by atoms with Crippen LogP contribution in [0.5, 0.6) is 0 Å². The maximum Gasteiger partial charge on any atom is 0.312 e. The van der Waals surface area contributed by atoms with Crippen LogP contribution in [-0.4, -0.2) is 34.3 Å². The lowest BCUT2D eigenvalue weighted by Crippen LogP contribution is -2.33. The summed E-state index contributed by atoms with van der Waals surface area (Å²) in [5, 5.41) is 13.5. The van der Waals surface area contributed by atoms with Gasteiger partial charge in [-0.1, -0.05) is 12.2 Å². The molecule has 2 amide bonds. The average molecular weight is 268 g/mol. The van der Waals surface area contributed by atoms with Gasteiger partial charge in [0.05, 0.1) is 11.3 Å². The fourth-order valence-electron chi connectivity index (χ4n) is 1.40. The lowest BCUT2D eigenvalue weighted by atomic mass is 10.1. The first-order chi connectivity index (χ1) is 8.43. The third-order valence-corrected chi connectivity index (χ3v) is 2.62. The van der Waals surface area contributed by atoms with Crippen molar-refractivity contribution < 1.29 is 4.79 Å². The molecule has 1 aromatic rings. The number of primary amides is 1. The molecule has 18 heavy (non-hydrogen) atoms. The summed E-state index contributed by atoms with van der Waals surface area (Å²) in [6.45, 7) is 4.55. The number of aryl methyl sites for hydroxylation is 1. The Balaban J connectivity index is 2.79. The average Bonchev–Trinajstić information content (AvgIpc) is 2.28. The Morgan fingerprint density at radius 1 is 1.28 bits per heavy atom. The molecule has 0 unspecified atom stereocenters. The summed E-state index contributed by atoms with van der Waals surface area (Å²) < 4.78 is 0. The fourth-order valence-corrected chi connectivity index (χ4v) is 1.65. The quantitative estimate of drug-likeness (QED) is 0.434. The minimum absolute atomic E-state index is 0.260. The van der Waals surface area contributed by atoms with Crippen molar-refractivity contribution in [3.05, 3.63) is 16.8 Å². The summed E-state index contributed by atoms with van der Waals surface area (Å²) in [6.07, 6.45) is 0. The normalized spacial score (nSPS) is 9.89. The first kappa shape index (κ1) is 14.1. The molecule has 0 fully saturated rings. The van der Waals surface area contributed by atoms with Gasteiger partial charge in [-0.2, -0.15) is 5.10 Å². The van der Waals surface area contributed by atoms with E-state index in [1.54, 1.807) is 0 Å². The number of carbonyl (C=O) groups is 1.